The molecule has 2 amide bonds. The van der Waals surface area contributed by atoms with Crippen molar-refractivity contribution >= 4 is 11.8 Å². The number of hydrogen-bond donors (Lipinski definition) is 1. The van der Waals surface area contributed by atoms with Gasteiger partial charge in [0.25, 0.3) is 5.91 Å². The van der Waals surface area contributed by atoms with Gasteiger partial charge < -0.3 is 15.0 Å². The average Bonchev–Trinajstić information content (AvgIpc) is 3.41. The maximum atomic E-state index is 14.7. The van der Waals surface area contributed by atoms with Crippen LogP contribution in [0.3, 0.4) is 0 Å². The topological polar surface area (TPSA) is 58.6 Å². The standard InChI is InChI=1S/C31H35FN2O3/c1-22-11-10-18-29(23(22)2)37-21-30(35)34(20-25-14-6-9-17-27(25)32)28(19-24-12-4-3-5-13-24)31(36)33-26-15-7-8-16-26/h3-6,9-14,17-18,26,28H,7-8,15-16,19-21H2,1-2H3,(H,33,36)/t28-/m0/s1. The minimum Gasteiger partial charge on any atom is -0.483 e. The molecule has 3 aromatic rings. The summed E-state index contributed by atoms with van der Waals surface area (Å²) >= 11 is 0. The number of halogens is 1. The molecule has 194 valence electrons. The fraction of sp³-hybridized carbons (Fsp3) is 0.355. The largest absolute Gasteiger partial charge is 0.483 e. The summed E-state index contributed by atoms with van der Waals surface area (Å²) in [5.41, 5.74) is 3.30. The third kappa shape index (κ3) is 6.97. The highest BCUT2D eigenvalue weighted by atomic mass is 19.1. The first kappa shape index (κ1) is 26.4. The predicted octanol–water partition coefficient (Wildman–Crippen LogP) is 5.52. The Kier molecular flexibility index (Phi) is 8.94. The van der Waals surface area contributed by atoms with E-state index >= 15 is 0 Å². The van der Waals surface area contributed by atoms with E-state index in [0.717, 1.165) is 42.4 Å². The molecule has 0 unspecified atom stereocenters. The Hall–Kier alpha value is -3.67. The summed E-state index contributed by atoms with van der Waals surface area (Å²) < 4.78 is 20.6. The first-order valence-electron chi connectivity index (χ1n) is 13.0. The zero-order valence-electron chi connectivity index (χ0n) is 21.6. The van der Waals surface area contributed by atoms with Crippen molar-refractivity contribution in [3.05, 3.63) is 101 Å². The molecule has 3 aromatic carbocycles. The lowest BCUT2D eigenvalue weighted by Crippen LogP contribution is -2.53. The summed E-state index contributed by atoms with van der Waals surface area (Å²) in [6.45, 7) is 3.65. The van der Waals surface area contributed by atoms with Crippen LogP contribution in [0.25, 0.3) is 0 Å². The van der Waals surface area contributed by atoms with Crippen LogP contribution in [0.5, 0.6) is 5.75 Å². The second-order valence-electron chi connectivity index (χ2n) is 9.80. The molecule has 0 aliphatic heterocycles. The molecule has 0 saturated heterocycles. The van der Waals surface area contributed by atoms with Gasteiger partial charge in [-0.2, -0.15) is 0 Å². The summed E-state index contributed by atoms with van der Waals surface area (Å²) in [5, 5.41) is 3.16. The molecule has 1 N–H and O–H groups in total. The van der Waals surface area contributed by atoms with Crippen LogP contribution in [-0.4, -0.2) is 35.4 Å². The molecule has 6 heteroatoms. The van der Waals surface area contributed by atoms with E-state index in [1.54, 1.807) is 18.2 Å². The van der Waals surface area contributed by atoms with Gasteiger partial charge in [-0.1, -0.05) is 73.5 Å². The fourth-order valence-electron chi connectivity index (χ4n) is 4.83. The monoisotopic (exact) mass is 502 g/mol. The number of hydrogen-bond acceptors (Lipinski definition) is 3. The van der Waals surface area contributed by atoms with E-state index in [1.807, 2.05) is 62.4 Å². The van der Waals surface area contributed by atoms with Crippen molar-refractivity contribution in [3.63, 3.8) is 0 Å². The van der Waals surface area contributed by atoms with Gasteiger partial charge in [0.05, 0.1) is 0 Å². The van der Waals surface area contributed by atoms with Crippen molar-refractivity contribution in [2.24, 2.45) is 0 Å². The summed E-state index contributed by atoms with van der Waals surface area (Å²) in [5.74, 6) is -0.376. The summed E-state index contributed by atoms with van der Waals surface area (Å²) in [4.78, 5) is 28.8. The number of nitrogens with zero attached hydrogens (tertiary/aromatic N) is 1. The van der Waals surface area contributed by atoms with Crippen LogP contribution in [0.4, 0.5) is 4.39 Å². The third-order valence-corrected chi connectivity index (χ3v) is 7.18. The number of aryl methyl sites for hydroxylation is 1. The Labute approximate surface area is 218 Å². The van der Waals surface area contributed by atoms with E-state index in [0.29, 0.717) is 17.7 Å². The Morgan fingerprint density at radius 3 is 2.41 bits per heavy atom. The van der Waals surface area contributed by atoms with E-state index in [-0.39, 0.29) is 31.0 Å². The van der Waals surface area contributed by atoms with Gasteiger partial charge in [-0.05, 0) is 55.5 Å². The molecule has 37 heavy (non-hydrogen) atoms. The van der Waals surface area contributed by atoms with Gasteiger partial charge in [-0.25, -0.2) is 4.39 Å². The van der Waals surface area contributed by atoms with Gasteiger partial charge in [0, 0.05) is 24.6 Å². The molecule has 0 radical (unpaired) electrons. The molecule has 0 heterocycles. The third-order valence-electron chi connectivity index (χ3n) is 7.18. The van der Waals surface area contributed by atoms with Crippen LogP contribution in [0.1, 0.15) is 47.9 Å². The van der Waals surface area contributed by atoms with Gasteiger partial charge in [0.2, 0.25) is 5.91 Å². The second kappa shape index (κ2) is 12.5. The van der Waals surface area contributed by atoms with Gasteiger partial charge in [0.15, 0.2) is 6.61 Å². The minimum absolute atomic E-state index is 0.0305. The molecule has 0 spiro atoms. The van der Waals surface area contributed by atoms with Crippen molar-refractivity contribution in [2.75, 3.05) is 6.61 Å². The van der Waals surface area contributed by atoms with E-state index in [1.165, 1.54) is 11.0 Å². The number of ether oxygens (including phenoxy) is 1. The second-order valence-corrected chi connectivity index (χ2v) is 9.80. The number of amides is 2. The number of nitrogens with one attached hydrogen (secondary N) is 1. The zero-order valence-corrected chi connectivity index (χ0v) is 21.6. The van der Waals surface area contributed by atoms with Crippen molar-refractivity contribution < 1.29 is 18.7 Å². The summed E-state index contributed by atoms with van der Waals surface area (Å²) in [7, 11) is 0. The van der Waals surface area contributed by atoms with Crippen LogP contribution in [0.2, 0.25) is 0 Å². The fourth-order valence-corrected chi connectivity index (χ4v) is 4.83. The summed E-state index contributed by atoms with van der Waals surface area (Å²) in [6, 6.07) is 21.0. The number of carbonyl (C=O) groups is 2. The van der Waals surface area contributed by atoms with Crippen molar-refractivity contribution in [1.82, 2.24) is 10.2 Å². The Bertz CT molecular complexity index is 1210. The van der Waals surface area contributed by atoms with Crippen LogP contribution < -0.4 is 10.1 Å². The Morgan fingerprint density at radius 2 is 1.68 bits per heavy atom. The van der Waals surface area contributed by atoms with E-state index < -0.39 is 11.9 Å². The molecule has 4 rings (SSSR count). The van der Waals surface area contributed by atoms with Crippen LogP contribution in [0, 0.1) is 19.7 Å². The maximum Gasteiger partial charge on any atom is 0.261 e. The van der Waals surface area contributed by atoms with Crippen molar-refractivity contribution in [3.8, 4) is 5.75 Å². The molecule has 0 bridgehead atoms. The zero-order chi connectivity index (χ0) is 26.2. The van der Waals surface area contributed by atoms with Crippen LogP contribution in [-0.2, 0) is 22.6 Å². The summed E-state index contributed by atoms with van der Waals surface area (Å²) in [6.07, 6.45) is 4.34. The molecule has 1 fully saturated rings. The predicted molar refractivity (Wildman–Crippen MR) is 143 cm³/mol. The maximum absolute atomic E-state index is 14.7. The highest BCUT2D eigenvalue weighted by molar-refractivity contribution is 5.88. The highest BCUT2D eigenvalue weighted by Gasteiger charge is 2.33. The normalized spacial score (nSPS) is 14.2. The lowest BCUT2D eigenvalue weighted by atomic mass is 10.0. The quantitative estimate of drug-likeness (QED) is 0.397. The van der Waals surface area contributed by atoms with Gasteiger partial charge >= 0.3 is 0 Å². The van der Waals surface area contributed by atoms with Crippen molar-refractivity contribution in [1.29, 1.82) is 0 Å². The highest BCUT2D eigenvalue weighted by Crippen LogP contribution is 2.23. The SMILES string of the molecule is Cc1cccc(OCC(=O)N(Cc2ccccc2F)[C@@H](Cc2ccccc2)C(=O)NC2CCCC2)c1C. The van der Waals surface area contributed by atoms with Crippen molar-refractivity contribution in [2.45, 2.75) is 64.6 Å². The molecule has 1 aliphatic carbocycles. The number of carbonyl (C=O) groups excluding carboxylic acids is 2. The molecular formula is C31H35FN2O3. The number of benzene rings is 3. The van der Waals surface area contributed by atoms with Gasteiger partial charge in [0.1, 0.15) is 17.6 Å². The molecule has 5 nitrogen and oxygen atoms in total. The smallest absolute Gasteiger partial charge is 0.261 e. The molecule has 1 atom stereocenters. The van der Waals surface area contributed by atoms with Gasteiger partial charge in [-0.15, -0.1) is 0 Å². The van der Waals surface area contributed by atoms with E-state index in [4.69, 9.17) is 4.74 Å². The van der Waals surface area contributed by atoms with Gasteiger partial charge in [-0.3, -0.25) is 9.59 Å². The van der Waals surface area contributed by atoms with E-state index in [9.17, 15) is 14.0 Å². The first-order chi connectivity index (χ1) is 17.9. The first-order valence-corrected chi connectivity index (χ1v) is 13.0. The molecule has 0 aromatic heterocycles. The van der Waals surface area contributed by atoms with Crippen LogP contribution >= 0.6 is 0 Å². The molecule has 1 aliphatic rings. The lowest BCUT2D eigenvalue weighted by molar-refractivity contribution is -0.143. The Balaban J connectivity index is 1.63. The molecule has 1 saturated carbocycles. The lowest BCUT2D eigenvalue weighted by Gasteiger charge is -2.32. The number of rotatable bonds is 10. The van der Waals surface area contributed by atoms with E-state index in [2.05, 4.69) is 5.32 Å². The molecular weight excluding hydrogens is 467 g/mol. The Morgan fingerprint density at radius 1 is 0.973 bits per heavy atom. The minimum atomic E-state index is -0.808. The van der Waals surface area contributed by atoms with Crippen LogP contribution in [0.15, 0.2) is 72.8 Å². The average molecular weight is 503 g/mol.